The predicted octanol–water partition coefficient (Wildman–Crippen LogP) is 3.52. The van der Waals surface area contributed by atoms with E-state index in [-0.39, 0.29) is 6.04 Å². The molecule has 0 aliphatic carbocycles. The lowest BCUT2D eigenvalue weighted by Crippen LogP contribution is -2.39. The standard InChI is InChI=1S/C16H25BrClN3/c1-3-20(4-2)13-7-8-21(11-13)16(10-19)12-5-6-15(18)14(17)9-12/h5-6,9,13,16H,3-4,7-8,10-11,19H2,1-2H3. The number of likely N-dealkylation sites (tertiary alicyclic amines) is 1. The summed E-state index contributed by atoms with van der Waals surface area (Å²) in [5, 5.41) is 0.747. The molecule has 2 atom stereocenters. The molecule has 2 rings (SSSR count). The Labute approximate surface area is 141 Å². The van der Waals surface area contributed by atoms with Crippen LogP contribution >= 0.6 is 27.5 Å². The van der Waals surface area contributed by atoms with Gasteiger partial charge in [-0.25, -0.2) is 0 Å². The van der Waals surface area contributed by atoms with E-state index in [2.05, 4.69) is 51.7 Å². The van der Waals surface area contributed by atoms with Gasteiger partial charge in [0.15, 0.2) is 0 Å². The minimum absolute atomic E-state index is 0.277. The zero-order valence-electron chi connectivity index (χ0n) is 12.9. The molecule has 1 aliphatic rings. The highest BCUT2D eigenvalue weighted by Crippen LogP contribution is 2.30. The van der Waals surface area contributed by atoms with Crippen molar-refractivity contribution >= 4 is 27.5 Å². The molecule has 3 nitrogen and oxygen atoms in total. The first-order valence-electron chi connectivity index (χ1n) is 7.73. The molecule has 0 radical (unpaired) electrons. The van der Waals surface area contributed by atoms with Crippen LogP contribution in [0.4, 0.5) is 0 Å². The third kappa shape index (κ3) is 3.99. The second-order valence-electron chi connectivity index (χ2n) is 5.58. The smallest absolute Gasteiger partial charge is 0.0548 e. The number of hydrogen-bond donors (Lipinski definition) is 1. The predicted molar refractivity (Wildman–Crippen MR) is 93.8 cm³/mol. The van der Waals surface area contributed by atoms with Crippen LogP contribution < -0.4 is 5.73 Å². The molecule has 1 aromatic carbocycles. The van der Waals surface area contributed by atoms with E-state index >= 15 is 0 Å². The molecule has 21 heavy (non-hydrogen) atoms. The van der Waals surface area contributed by atoms with Gasteiger partial charge in [-0.05, 0) is 53.1 Å². The summed E-state index contributed by atoms with van der Waals surface area (Å²) >= 11 is 9.60. The van der Waals surface area contributed by atoms with E-state index in [1.807, 2.05) is 6.07 Å². The van der Waals surface area contributed by atoms with Crippen molar-refractivity contribution in [1.29, 1.82) is 0 Å². The van der Waals surface area contributed by atoms with E-state index in [4.69, 9.17) is 17.3 Å². The maximum absolute atomic E-state index is 6.09. The summed E-state index contributed by atoms with van der Waals surface area (Å²) in [4.78, 5) is 5.06. The second-order valence-corrected chi connectivity index (χ2v) is 6.85. The first kappa shape index (κ1) is 17.2. The Morgan fingerprint density at radius 2 is 2.14 bits per heavy atom. The van der Waals surface area contributed by atoms with E-state index < -0.39 is 0 Å². The molecule has 0 aromatic heterocycles. The van der Waals surface area contributed by atoms with Crippen molar-refractivity contribution in [3.8, 4) is 0 Å². The minimum atomic E-state index is 0.277. The highest BCUT2D eigenvalue weighted by atomic mass is 79.9. The van der Waals surface area contributed by atoms with Crippen molar-refractivity contribution in [2.75, 3.05) is 32.7 Å². The Hall–Kier alpha value is -0.130. The molecule has 5 heteroatoms. The fourth-order valence-electron chi connectivity index (χ4n) is 3.30. The lowest BCUT2D eigenvalue weighted by Gasteiger charge is -2.30. The van der Waals surface area contributed by atoms with Crippen molar-refractivity contribution in [2.24, 2.45) is 5.73 Å². The Balaban J connectivity index is 2.10. The molecule has 1 aromatic rings. The van der Waals surface area contributed by atoms with E-state index in [0.717, 1.165) is 35.7 Å². The molecule has 118 valence electrons. The molecule has 0 saturated carbocycles. The van der Waals surface area contributed by atoms with Gasteiger partial charge in [0.2, 0.25) is 0 Å². The van der Waals surface area contributed by atoms with Crippen molar-refractivity contribution in [3.05, 3.63) is 33.3 Å². The van der Waals surface area contributed by atoms with Gasteiger partial charge < -0.3 is 5.73 Å². The zero-order chi connectivity index (χ0) is 15.4. The van der Waals surface area contributed by atoms with Crippen LogP contribution in [0.1, 0.15) is 31.9 Å². The lowest BCUT2D eigenvalue weighted by molar-refractivity contribution is 0.189. The van der Waals surface area contributed by atoms with Gasteiger partial charge in [0.1, 0.15) is 0 Å². The molecular formula is C16H25BrClN3. The monoisotopic (exact) mass is 373 g/mol. The van der Waals surface area contributed by atoms with E-state index in [1.54, 1.807) is 0 Å². The fraction of sp³-hybridized carbons (Fsp3) is 0.625. The average molecular weight is 375 g/mol. The van der Waals surface area contributed by atoms with Crippen molar-refractivity contribution < 1.29 is 0 Å². The van der Waals surface area contributed by atoms with Crippen LogP contribution in [0.15, 0.2) is 22.7 Å². The summed E-state index contributed by atoms with van der Waals surface area (Å²) in [6.45, 7) is 9.57. The third-order valence-electron chi connectivity index (χ3n) is 4.52. The Kier molecular flexibility index (Phi) is 6.51. The maximum atomic E-state index is 6.09. The van der Waals surface area contributed by atoms with Crippen molar-refractivity contribution in [2.45, 2.75) is 32.4 Å². The summed E-state index contributed by atoms with van der Waals surface area (Å²) in [6, 6.07) is 7.07. The van der Waals surface area contributed by atoms with Crippen LogP contribution in [0, 0.1) is 0 Å². The van der Waals surface area contributed by atoms with E-state index in [1.165, 1.54) is 12.0 Å². The van der Waals surface area contributed by atoms with Crippen molar-refractivity contribution in [1.82, 2.24) is 9.80 Å². The first-order valence-corrected chi connectivity index (χ1v) is 8.90. The number of hydrogen-bond acceptors (Lipinski definition) is 3. The molecular weight excluding hydrogens is 350 g/mol. The fourth-order valence-corrected chi connectivity index (χ4v) is 3.82. The SMILES string of the molecule is CCN(CC)C1CCN(C(CN)c2ccc(Cl)c(Br)c2)C1. The number of likely N-dealkylation sites (N-methyl/N-ethyl adjacent to an activating group) is 1. The minimum Gasteiger partial charge on any atom is -0.329 e. The Morgan fingerprint density at radius 3 is 2.71 bits per heavy atom. The molecule has 1 fully saturated rings. The summed E-state index contributed by atoms with van der Waals surface area (Å²) < 4.78 is 0.944. The molecule has 0 spiro atoms. The molecule has 0 amide bonds. The van der Waals surface area contributed by atoms with Crippen LogP contribution in [0.3, 0.4) is 0 Å². The molecule has 1 heterocycles. The highest BCUT2D eigenvalue weighted by Gasteiger charge is 2.30. The van der Waals surface area contributed by atoms with Gasteiger partial charge in [0, 0.05) is 36.2 Å². The summed E-state index contributed by atoms with van der Waals surface area (Å²) in [6.07, 6.45) is 1.23. The van der Waals surface area contributed by atoms with Crippen LogP contribution in [0.5, 0.6) is 0 Å². The van der Waals surface area contributed by atoms with Gasteiger partial charge in [-0.1, -0.05) is 31.5 Å². The number of rotatable bonds is 6. The van der Waals surface area contributed by atoms with E-state index in [0.29, 0.717) is 12.6 Å². The van der Waals surface area contributed by atoms with Crippen LogP contribution in [0.2, 0.25) is 5.02 Å². The zero-order valence-corrected chi connectivity index (χ0v) is 15.2. The Bertz CT molecular complexity index is 465. The number of nitrogens with zero attached hydrogens (tertiary/aromatic N) is 2. The molecule has 1 aliphatic heterocycles. The summed E-state index contributed by atoms with van der Waals surface area (Å²) in [5.74, 6) is 0. The second kappa shape index (κ2) is 7.93. The maximum Gasteiger partial charge on any atom is 0.0548 e. The van der Waals surface area contributed by atoms with Gasteiger partial charge in [-0.2, -0.15) is 0 Å². The molecule has 2 N–H and O–H groups in total. The molecule has 2 unspecified atom stereocenters. The van der Waals surface area contributed by atoms with Crippen LogP contribution in [0.25, 0.3) is 0 Å². The van der Waals surface area contributed by atoms with Gasteiger partial charge in [-0.15, -0.1) is 0 Å². The largest absolute Gasteiger partial charge is 0.329 e. The number of benzene rings is 1. The van der Waals surface area contributed by atoms with Gasteiger partial charge >= 0.3 is 0 Å². The highest BCUT2D eigenvalue weighted by molar-refractivity contribution is 9.10. The normalized spacial score (nSPS) is 21.1. The van der Waals surface area contributed by atoms with Crippen molar-refractivity contribution in [3.63, 3.8) is 0 Å². The lowest BCUT2D eigenvalue weighted by atomic mass is 10.1. The number of halogens is 2. The van der Waals surface area contributed by atoms with Crippen LogP contribution in [-0.4, -0.2) is 48.6 Å². The third-order valence-corrected chi connectivity index (χ3v) is 5.73. The average Bonchev–Trinajstić information content (AvgIpc) is 2.94. The first-order chi connectivity index (χ1) is 10.1. The number of nitrogens with two attached hydrogens (primary N) is 1. The van der Waals surface area contributed by atoms with Gasteiger partial charge in [0.25, 0.3) is 0 Å². The molecule has 1 saturated heterocycles. The quantitative estimate of drug-likeness (QED) is 0.827. The summed E-state index contributed by atoms with van der Waals surface area (Å²) in [7, 11) is 0. The molecule has 0 bridgehead atoms. The van der Waals surface area contributed by atoms with E-state index in [9.17, 15) is 0 Å². The topological polar surface area (TPSA) is 32.5 Å². The van der Waals surface area contributed by atoms with Gasteiger partial charge in [0.05, 0.1) is 5.02 Å². The summed E-state index contributed by atoms with van der Waals surface area (Å²) in [5.41, 5.74) is 7.30. The van der Waals surface area contributed by atoms with Gasteiger partial charge in [-0.3, -0.25) is 9.80 Å². The Morgan fingerprint density at radius 1 is 1.43 bits per heavy atom. The van der Waals surface area contributed by atoms with Crippen LogP contribution in [-0.2, 0) is 0 Å².